The Labute approximate surface area is 177 Å². The average molecular weight is 433 g/mol. The molecule has 1 N–H and O–H groups in total. The Bertz CT molecular complexity index is 963. The van der Waals surface area contributed by atoms with Crippen LogP contribution in [-0.2, 0) is 24.0 Å². The van der Waals surface area contributed by atoms with E-state index in [1.54, 1.807) is 12.1 Å². The van der Waals surface area contributed by atoms with Crippen molar-refractivity contribution in [2.45, 2.75) is 25.4 Å². The highest BCUT2D eigenvalue weighted by Crippen LogP contribution is 2.29. The molecule has 1 fully saturated rings. The third-order valence-electron chi connectivity index (χ3n) is 4.90. The molecule has 1 atom stereocenters. The molecule has 10 heteroatoms. The third-order valence-corrected chi connectivity index (χ3v) is 4.90. The van der Waals surface area contributed by atoms with Crippen LogP contribution in [0.15, 0.2) is 53.2 Å². The number of benzene rings is 1. The van der Waals surface area contributed by atoms with Crippen molar-refractivity contribution < 1.29 is 22.4 Å². The minimum absolute atomic E-state index is 0.0804. The second-order valence-corrected chi connectivity index (χ2v) is 7.30. The molecular formula is C21H22F3N5O2. The van der Waals surface area contributed by atoms with Gasteiger partial charge in [0, 0.05) is 44.5 Å². The first-order chi connectivity index (χ1) is 15.0. The monoisotopic (exact) mass is 433 g/mol. The molecule has 1 aliphatic rings. The number of nitrogens with zero attached hydrogens (tertiary/aromatic N) is 4. The summed E-state index contributed by atoms with van der Waals surface area (Å²) in [4.78, 5) is 10.00. The van der Waals surface area contributed by atoms with Crippen LogP contribution in [0.1, 0.15) is 17.1 Å². The lowest BCUT2D eigenvalue weighted by molar-refractivity contribution is -0.159. The Kier molecular flexibility index (Phi) is 6.59. The molecule has 31 heavy (non-hydrogen) atoms. The van der Waals surface area contributed by atoms with Crippen molar-refractivity contribution in [3.05, 3.63) is 65.8 Å². The summed E-state index contributed by atoms with van der Waals surface area (Å²) in [5.74, 6) is -1.52. The summed E-state index contributed by atoms with van der Waals surface area (Å²) >= 11 is 0. The van der Waals surface area contributed by atoms with Crippen LogP contribution < -0.4 is 5.32 Å². The van der Waals surface area contributed by atoms with Crippen molar-refractivity contribution in [2.24, 2.45) is 0 Å². The number of ether oxygens (including phenoxy) is 1. The molecule has 1 aromatic carbocycles. The normalized spacial score (nSPS) is 17.7. The van der Waals surface area contributed by atoms with Crippen LogP contribution >= 0.6 is 0 Å². The van der Waals surface area contributed by atoms with Crippen molar-refractivity contribution in [1.82, 2.24) is 25.3 Å². The Morgan fingerprint density at radius 1 is 1.13 bits per heavy atom. The number of rotatable bonds is 7. The van der Waals surface area contributed by atoms with E-state index in [2.05, 4.69) is 42.0 Å². The molecule has 1 aliphatic heterocycles. The van der Waals surface area contributed by atoms with Crippen LogP contribution in [0.5, 0.6) is 0 Å². The maximum absolute atomic E-state index is 12.6. The highest BCUT2D eigenvalue weighted by Gasteiger charge is 2.38. The van der Waals surface area contributed by atoms with Gasteiger partial charge in [-0.05, 0) is 17.7 Å². The minimum atomic E-state index is -4.67. The molecule has 3 aromatic rings. The summed E-state index contributed by atoms with van der Waals surface area (Å²) in [7, 11) is 0. The zero-order valence-corrected chi connectivity index (χ0v) is 16.7. The molecule has 1 unspecified atom stereocenters. The smallest absolute Gasteiger partial charge is 0.374 e. The largest absolute Gasteiger partial charge is 0.471 e. The van der Waals surface area contributed by atoms with Gasteiger partial charge in [0.25, 0.3) is 0 Å². The lowest BCUT2D eigenvalue weighted by atomic mass is 10.2. The van der Waals surface area contributed by atoms with E-state index in [9.17, 15) is 13.2 Å². The molecule has 164 valence electrons. The highest BCUT2D eigenvalue weighted by molar-refractivity contribution is 5.52. The molecule has 1 saturated heterocycles. The number of hydrogen-bond donors (Lipinski definition) is 1. The number of pyridine rings is 1. The fourth-order valence-corrected chi connectivity index (χ4v) is 3.37. The number of halogens is 3. The Morgan fingerprint density at radius 2 is 1.97 bits per heavy atom. The molecule has 0 radical (unpaired) electrons. The van der Waals surface area contributed by atoms with Gasteiger partial charge in [0.15, 0.2) is 0 Å². The number of morpholine rings is 1. The predicted molar refractivity (Wildman–Crippen MR) is 106 cm³/mol. The quantitative estimate of drug-likeness (QED) is 0.614. The van der Waals surface area contributed by atoms with E-state index in [1.807, 2.05) is 18.2 Å². The first-order valence-corrected chi connectivity index (χ1v) is 9.92. The van der Waals surface area contributed by atoms with Crippen LogP contribution in [0.3, 0.4) is 0 Å². The van der Waals surface area contributed by atoms with E-state index in [0.29, 0.717) is 25.3 Å². The van der Waals surface area contributed by atoms with Gasteiger partial charge in [0.1, 0.15) is 0 Å². The Morgan fingerprint density at radius 3 is 2.68 bits per heavy atom. The van der Waals surface area contributed by atoms with Crippen molar-refractivity contribution in [1.29, 1.82) is 0 Å². The first-order valence-electron chi connectivity index (χ1n) is 9.92. The van der Waals surface area contributed by atoms with Crippen LogP contribution in [0, 0.1) is 0 Å². The van der Waals surface area contributed by atoms with Gasteiger partial charge in [-0.2, -0.15) is 18.2 Å². The van der Waals surface area contributed by atoms with Crippen LogP contribution in [0.25, 0.3) is 11.4 Å². The summed E-state index contributed by atoms with van der Waals surface area (Å²) < 4.78 is 47.8. The lowest BCUT2D eigenvalue weighted by Gasteiger charge is -2.33. The zero-order chi connectivity index (χ0) is 21.7. The SMILES string of the molecule is FC(F)(F)c1nc(-c2ccc(CNCC3CN(Cc4ccccc4)CCO3)nc2)no1. The Hall–Kier alpha value is -2.82. The van der Waals surface area contributed by atoms with Gasteiger partial charge >= 0.3 is 12.1 Å². The number of nitrogens with one attached hydrogen (secondary N) is 1. The molecule has 0 amide bonds. The van der Waals surface area contributed by atoms with Crippen LogP contribution in [-0.4, -0.2) is 52.4 Å². The topological polar surface area (TPSA) is 76.3 Å². The number of aromatic nitrogens is 3. The van der Waals surface area contributed by atoms with Crippen molar-refractivity contribution >= 4 is 0 Å². The van der Waals surface area contributed by atoms with Gasteiger partial charge in [-0.25, -0.2) is 0 Å². The molecule has 7 nitrogen and oxygen atoms in total. The third kappa shape index (κ3) is 5.87. The fourth-order valence-electron chi connectivity index (χ4n) is 3.37. The molecule has 4 rings (SSSR count). The van der Waals surface area contributed by atoms with E-state index in [0.717, 1.165) is 25.3 Å². The summed E-state index contributed by atoms with van der Waals surface area (Å²) in [5.41, 5.74) is 2.39. The van der Waals surface area contributed by atoms with E-state index in [-0.39, 0.29) is 11.9 Å². The standard InChI is InChI=1S/C21H22F3N5O2/c22-21(23,24)20-27-19(28-31-20)16-6-7-17(26-10-16)11-25-12-18-14-29(8-9-30-18)13-15-4-2-1-3-5-15/h1-7,10,18,25H,8-9,11-14H2. The molecule has 0 spiro atoms. The maximum atomic E-state index is 12.6. The van der Waals surface area contributed by atoms with E-state index in [1.165, 1.54) is 11.8 Å². The fraction of sp³-hybridized carbons (Fsp3) is 0.381. The van der Waals surface area contributed by atoms with E-state index >= 15 is 0 Å². The highest BCUT2D eigenvalue weighted by atomic mass is 19.4. The van der Waals surface area contributed by atoms with Crippen LogP contribution in [0.2, 0.25) is 0 Å². The molecule has 0 bridgehead atoms. The van der Waals surface area contributed by atoms with Gasteiger partial charge in [0.05, 0.1) is 18.4 Å². The maximum Gasteiger partial charge on any atom is 0.471 e. The van der Waals surface area contributed by atoms with Crippen LogP contribution in [0.4, 0.5) is 13.2 Å². The van der Waals surface area contributed by atoms with Gasteiger partial charge in [0.2, 0.25) is 5.82 Å². The second-order valence-electron chi connectivity index (χ2n) is 7.30. The zero-order valence-electron chi connectivity index (χ0n) is 16.7. The van der Waals surface area contributed by atoms with Crippen molar-refractivity contribution in [2.75, 3.05) is 26.2 Å². The van der Waals surface area contributed by atoms with Crippen molar-refractivity contribution in [3.63, 3.8) is 0 Å². The number of alkyl halides is 3. The summed E-state index contributed by atoms with van der Waals surface area (Å²) in [6.45, 7) is 4.52. The number of hydrogen-bond acceptors (Lipinski definition) is 7. The Balaban J connectivity index is 1.24. The molecule has 3 heterocycles. The summed E-state index contributed by atoms with van der Waals surface area (Å²) in [6, 6.07) is 13.7. The molecule has 2 aromatic heterocycles. The predicted octanol–water partition coefficient (Wildman–Crippen LogP) is 3.14. The van der Waals surface area contributed by atoms with Gasteiger partial charge in [-0.1, -0.05) is 35.5 Å². The second kappa shape index (κ2) is 9.54. The average Bonchev–Trinajstić information content (AvgIpc) is 3.26. The molecule has 0 aliphatic carbocycles. The summed E-state index contributed by atoms with van der Waals surface area (Å²) in [5, 5.41) is 6.69. The van der Waals surface area contributed by atoms with Crippen molar-refractivity contribution in [3.8, 4) is 11.4 Å². The molecule has 0 saturated carbocycles. The summed E-state index contributed by atoms with van der Waals surface area (Å²) in [6.07, 6.45) is -3.15. The van der Waals surface area contributed by atoms with Gasteiger partial charge in [-0.3, -0.25) is 9.88 Å². The van der Waals surface area contributed by atoms with Gasteiger partial charge in [-0.15, -0.1) is 0 Å². The van der Waals surface area contributed by atoms with E-state index in [4.69, 9.17) is 4.74 Å². The van der Waals surface area contributed by atoms with E-state index < -0.39 is 12.1 Å². The minimum Gasteiger partial charge on any atom is -0.374 e. The first kappa shape index (κ1) is 21.4. The van der Waals surface area contributed by atoms with Gasteiger partial charge < -0.3 is 14.6 Å². The lowest BCUT2D eigenvalue weighted by Crippen LogP contribution is -2.46. The molecular weight excluding hydrogens is 411 g/mol.